The van der Waals surface area contributed by atoms with Crippen molar-refractivity contribution >= 4 is 21.6 Å². The van der Waals surface area contributed by atoms with Crippen molar-refractivity contribution in [1.29, 1.82) is 0 Å². The zero-order valence-corrected chi connectivity index (χ0v) is 16.3. The fourth-order valence-corrected chi connectivity index (χ4v) is 4.06. The molecule has 0 unspecified atom stereocenters. The Morgan fingerprint density at radius 3 is 2.64 bits per heavy atom. The molecule has 2 N–H and O–H groups in total. The lowest BCUT2D eigenvalue weighted by Gasteiger charge is -2.12. The van der Waals surface area contributed by atoms with Crippen LogP contribution in [0.3, 0.4) is 0 Å². The lowest BCUT2D eigenvalue weighted by molar-refractivity contribution is 0.0952. The highest BCUT2D eigenvalue weighted by atomic mass is 32.2. The molecule has 7 nitrogen and oxygen atoms in total. The van der Waals surface area contributed by atoms with Gasteiger partial charge in [0.1, 0.15) is 0 Å². The van der Waals surface area contributed by atoms with E-state index in [-0.39, 0.29) is 10.8 Å². The van der Waals surface area contributed by atoms with Gasteiger partial charge in [-0.2, -0.15) is 0 Å². The minimum absolute atomic E-state index is 0.0856. The van der Waals surface area contributed by atoms with Gasteiger partial charge < -0.3 is 9.88 Å². The largest absolute Gasteiger partial charge is 0.352 e. The predicted molar refractivity (Wildman–Crippen MR) is 108 cm³/mol. The van der Waals surface area contributed by atoms with Crippen LogP contribution in [0.5, 0.6) is 0 Å². The number of benzene rings is 2. The van der Waals surface area contributed by atoms with Gasteiger partial charge in [-0.25, -0.2) is 13.4 Å². The molecule has 8 heteroatoms. The highest BCUT2D eigenvalue weighted by molar-refractivity contribution is 7.92. The first-order valence-electron chi connectivity index (χ1n) is 8.88. The number of nitrogens with zero attached hydrogens (tertiary/aromatic N) is 2. The fourth-order valence-electron chi connectivity index (χ4n) is 2.73. The highest BCUT2D eigenvalue weighted by Gasteiger charge is 2.19. The summed E-state index contributed by atoms with van der Waals surface area (Å²) in [7, 11) is -3.80. The molecule has 28 heavy (non-hydrogen) atoms. The van der Waals surface area contributed by atoms with E-state index in [9.17, 15) is 13.2 Å². The average molecular weight is 398 g/mol. The topological polar surface area (TPSA) is 93.1 Å². The zero-order valence-electron chi connectivity index (χ0n) is 15.5. The molecule has 3 aromatic rings. The summed E-state index contributed by atoms with van der Waals surface area (Å²) in [5.74, 6) is -0.304. The van der Waals surface area contributed by atoms with Gasteiger partial charge in [-0.1, -0.05) is 24.3 Å². The number of hydrogen-bond acceptors (Lipinski definition) is 4. The summed E-state index contributed by atoms with van der Waals surface area (Å²) < 4.78 is 29.9. The van der Waals surface area contributed by atoms with Crippen molar-refractivity contribution in [2.45, 2.75) is 24.8 Å². The maximum absolute atomic E-state index is 12.7. The van der Waals surface area contributed by atoms with E-state index in [0.29, 0.717) is 23.4 Å². The minimum Gasteiger partial charge on any atom is -0.352 e. The van der Waals surface area contributed by atoms with Gasteiger partial charge in [-0.05, 0) is 43.2 Å². The molecule has 0 atom stereocenters. The molecule has 0 bridgehead atoms. The van der Waals surface area contributed by atoms with Crippen LogP contribution in [0.4, 0.5) is 5.69 Å². The van der Waals surface area contributed by atoms with Gasteiger partial charge in [0.25, 0.3) is 15.9 Å². The Morgan fingerprint density at radius 1 is 1.14 bits per heavy atom. The third kappa shape index (κ3) is 4.98. The minimum atomic E-state index is -3.80. The van der Waals surface area contributed by atoms with E-state index >= 15 is 0 Å². The number of para-hydroxylation sites is 1. The van der Waals surface area contributed by atoms with Gasteiger partial charge in [0.05, 0.1) is 11.2 Å². The Hall–Kier alpha value is -3.13. The number of rotatable bonds is 8. The summed E-state index contributed by atoms with van der Waals surface area (Å²) in [5.41, 5.74) is 1.35. The van der Waals surface area contributed by atoms with Gasteiger partial charge in [-0.15, -0.1) is 0 Å². The molecule has 0 spiro atoms. The molecule has 3 rings (SSSR count). The molecule has 1 aromatic heterocycles. The number of hydrogen-bond donors (Lipinski definition) is 2. The third-order valence-electron chi connectivity index (χ3n) is 4.20. The van der Waals surface area contributed by atoms with E-state index in [2.05, 4.69) is 15.0 Å². The molecule has 0 saturated carbocycles. The van der Waals surface area contributed by atoms with Crippen molar-refractivity contribution in [1.82, 2.24) is 14.9 Å². The lowest BCUT2D eigenvalue weighted by atomic mass is 10.1. The van der Waals surface area contributed by atoms with Crippen LogP contribution in [-0.2, 0) is 16.6 Å². The van der Waals surface area contributed by atoms with Gasteiger partial charge in [0.2, 0.25) is 0 Å². The number of anilines is 1. The maximum atomic E-state index is 12.7. The summed E-state index contributed by atoms with van der Waals surface area (Å²) in [4.78, 5) is 16.5. The number of sulfonamides is 1. The maximum Gasteiger partial charge on any atom is 0.262 e. The lowest BCUT2D eigenvalue weighted by Crippen LogP contribution is -2.25. The Morgan fingerprint density at radius 2 is 1.93 bits per heavy atom. The van der Waals surface area contributed by atoms with E-state index in [1.807, 2.05) is 10.8 Å². The Bertz CT molecular complexity index is 1030. The van der Waals surface area contributed by atoms with E-state index in [4.69, 9.17) is 0 Å². The number of aryl methyl sites for hydroxylation is 2. The molecular formula is C20H22N4O3S. The molecule has 0 aliphatic heterocycles. The number of carbonyl (C=O) groups is 1. The SMILES string of the molecule is Cc1ccc(C(=O)NCCCn2ccnc2)cc1S(=O)(=O)Nc1ccccc1. The van der Waals surface area contributed by atoms with Crippen LogP contribution in [0, 0.1) is 6.92 Å². The molecule has 0 aliphatic rings. The van der Waals surface area contributed by atoms with Crippen LogP contribution < -0.4 is 10.0 Å². The number of aromatic nitrogens is 2. The van der Waals surface area contributed by atoms with Crippen molar-refractivity contribution in [3.05, 3.63) is 78.4 Å². The van der Waals surface area contributed by atoms with E-state index in [1.165, 1.54) is 6.07 Å². The van der Waals surface area contributed by atoms with Crippen molar-refractivity contribution < 1.29 is 13.2 Å². The first-order valence-corrected chi connectivity index (χ1v) is 10.4. The second-order valence-electron chi connectivity index (χ2n) is 6.36. The summed E-state index contributed by atoms with van der Waals surface area (Å²) in [6.07, 6.45) is 6.03. The number of nitrogens with one attached hydrogen (secondary N) is 2. The highest BCUT2D eigenvalue weighted by Crippen LogP contribution is 2.20. The van der Waals surface area contributed by atoms with Gasteiger partial charge in [0.15, 0.2) is 0 Å². The molecule has 2 aromatic carbocycles. The molecule has 0 aliphatic carbocycles. The molecule has 0 saturated heterocycles. The fraction of sp³-hybridized carbons (Fsp3) is 0.200. The Balaban J connectivity index is 1.67. The van der Waals surface area contributed by atoms with Crippen LogP contribution in [0.2, 0.25) is 0 Å². The predicted octanol–water partition coefficient (Wildman–Crippen LogP) is 2.81. The van der Waals surface area contributed by atoms with Crippen LogP contribution in [-0.4, -0.2) is 30.4 Å². The van der Waals surface area contributed by atoms with Crippen LogP contribution >= 0.6 is 0 Å². The Labute approximate surface area is 164 Å². The molecule has 1 amide bonds. The van der Waals surface area contributed by atoms with Crippen molar-refractivity contribution in [3.63, 3.8) is 0 Å². The average Bonchev–Trinajstić information content (AvgIpc) is 3.19. The van der Waals surface area contributed by atoms with E-state index in [1.54, 1.807) is 61.9 Å². The van der Waals surface area contributed by atoms with Gasteiger partial charge in [0, 0.05) is 36.7 Å². The normalized spacial score (nSPS) is 11.2. The van der Waals surface area contributed by atoms with Crippen molar-refractivity contribution in [2.24, 2.45) is 0 Å². The standard InChI is InChI=1S/C20H22N4O3S/c1-16-8-9-17(20(25)22-10-5-12-24-13-11-21-15-24)14-19(16)28(26,27)23-18-6-3-2-4-7-18/h2-4,6-9,11,13-15,23H,5,10,12H2,1H3,(H,22,25). The summed E-state index contributed by atoms with van der Waals surface area (Å²) in [5, 5.41) is 2.82. The van der Waals surface area contributed by atoms with Gasteiger partial charge >= 0.3 is 0 Å². The number of imidazole rings is 1. The van der Waals surface area contributed by atoms with E-state index < -0.39 is 10.0 Å². The first kappa shape index (κ1) is 19.6. The second kappa shape index (κ2) is 8.71. The van der Waals surface area contributed by atoms with Crippen LogP contribution in [0.1, 0.15) is 22.3 Å². The molecule has 1 heterocycles. The summed E-state index contributed by atoms with van der Waals surface area (Å²) in [6, 6.07) is 13.3. The zero-order chi connectivity index (χ0) is 20.0. The van der Waals surface area contributed by atoms with E-state index in [0.717, 1.165) is 13.0 Å². The molecule has 0 fully saturated rings. The van der Waals surface area contributed by atoms with Gasteiger partial charge in [-0.3, -0.25) is 9.52 Å². The number of amides is 1. The Kier molecular flexibility index (Phi) is 6.10. The molecule has 146 valence electrons. The first-order chi connectivity index (χ1) is 13.5. The quantitative estimate of drug-likeness (QED) is 0.571. The third-order valence-corrected chi connectivity index (χ3v) is 5.73. The summed E-state index contributed by atoms with van der Waals surface area (Å²) in [6.45, 7) is 2.93. The van der Waals surface area contributed by atoms with Crippen LogP contribution in [0.25, 0.3) is 0 Å². The molecule has 0 radical (unpaired) electrons. The van der Waals surface area contributed by atoms with Crippen molar-refractivity contribution in [2.75, 3.05) is 11.3 Å². The van der Waals surface area contributed by atoms with Crippen LogP contribution in [0.15, 0.2) is 72.1 Å². The summed E-state index contributed by atoms with van der Waals surface area (Å²) >= 11 is 0. The smallest absolute Gasteiger partial charge is 0.262 e. The monoisotopic (exact) mass is 398 g/mol. The number of carbonyl (C=O) groups excluding carboxylic acids is 1. The second-order valence-corrected chi connectivity index (χ2v) is 8.01. The molecular weight excluding hydrogens is 376 g/mol. The van der Waals surface area contributed by atoms with Crippen molar-refractivity contribution in [3.8, 4) is 0 Å².